The number of rotatable bonds is 12. The van der Waals surface area contributed by atoms with Crippen molar-refractivity contribution in [1.29, 1.82) is 0 Å². The van der Waals surface area contributed by atoms with E-state index in [0.717, 1.165) is 88.7 Å². The molecule has 0 radical (unpaired) electrons. The third-order valence-corrected chi connectivity index (χ3v) is 18.8. The van der Waals surface area contributed by atoms with E-state index in [9.17, 15) is 0 Å². The number of unbranched alkanes of at least 4 members (excludes halogenated alkanes) is 8. The van der Waals surface area contributed by atoms with E-state index in [1.165, 1.54) is 109 Å². The van der Waals surface area contributed by atoms with Gasteiger partial charge in [-0.25, -0.2) is 0 Å². The second kappa shape index (κ2) is 30.5. The van der Waals surface area contributed by atoms with E-state index in [1.54, 1.807) is 0 Å². The molecule has 0 fully saturated rings. The van der Waals surface area contributed by atoms with Crippen molar-refractivity contribution in [3.8, 4) is 0 Å². The summed E-state index contributed by atoms with van der Waals surface area (Å²) in [6.45, 7) is 64.5. The van der Waals surface area contributed by atoms with Crippen molar-refractivity contribution >= 4 is 22.3 Å². The van der Waals surface area contributed by atoms with Gasteiger partial charge < -0.3 is 19.9 Å². The Morgan fingerprint density at radius 2 is 0.368 bits per heavy atom. The van der Waals surface area contributed by atoms with Crippen LogP contribution in [0.4, 0.5) is 0 Å². The zero-order valence-electron chi connectivity index (χ0n) is 64.7. The Bertz CT molecular complexity index is 3480. The maximum Gasteiger partial charge on any atom is 4.00 e. The minimum atomic E-state index is -0.113. The van der Waals surface area contributed by atoms with Gasteiger partial charge in [-0.15, -0.1) is 44.2 Å². The maximum absolute atomic E-state index is 5.83. The quantitative estimate of drug-likeness (QED) is 0.114. The predicted octanol–water partition coefficient (Wildman–Crippen LogP) is 21.1. The molecule has 1 aliphatic heterocycles. The summed E-state index contributed by atoms with van der Waals surface area (Å²) in [5.74, 6) is 0. The van der Waals surface area contributed by atoms with E-state index in [0.29, 0.717) is 0 Å². The molecule has 8 bridgehead atoms. The third-order valence-electron chi connectivity index (χ3n) is 18.8. The molecular weight excluding hydrogens is 1330 g/mol. The van der Waals surface area contributed by atoms with Gasteiger partial charge in [0.1, 0.15) is 0 Å². The van der Waals surface area contributed by atoms with Gasteiger partial charge in [0.2, 0.25) is 0 Å². The fourth-order valence-electron chi connectivity index (χ4n) is 12.2. The van der Waals surface area contributed by atoms with Crippen molar-refractivity contribution in [3.63, 3.8) is 0 Å². The van der Waals surface area contributed by atoms with Crippen molar-refractivity contribution in [3.05, 3.63) is 232 Å². The molecule has 5 heteroatoms. The zero-order chi connectivity index (χ0) is 69.9. The molecule has 0 unspecified atom stereocenters. The van der Waals surface area contributed by atoms with Gasteiger partial charge >= 0.3 is 21.1 Å². The van der Waals surface area contributed by atoms with E-state index in [2.05, 4.69) is 315 Å². The van der Waals surface area contributed by atoms with Crippen molar-refractivity contribution in [1.82, 2.24) is 19.9 Å². The molecule has 9 rings (SSSR count). The van der Waals surface area contributed by atoms with Gasteiger partial charge in [0.25, 0.3) is 0 Å². The second-order valence-electron chi connectivity index (χ2n) is 35.7. The Kier molecular flexibility index (Phi) is 25.1. The second-order valence-corrected chi connectivity index (χ2v) is 35.7. The van der Waals surface area contributed by atoms with Gasteiger partial charge in [0.05, 0.1) is 0 Å². The Morgan fingerprint density at radius 1 is 0.211 bits per heavy atom. The van der Waals surface area contributed by atoms with E-state index in [-0.39, 0.29) is 64.4 Å². The number of fused-ring (bicyclic) bond motifs is 8. The molecule has 95 heavy (non-hydrogen) atoms. The molecule has 5 heterocycles. The zero-order valence-corrected chi connectivity index (χ0v) is 67.0. The summed E-state index contributed by atoms with van der Waals surface area (Å²) in [6, 6.07) is 46.5. The van der Waals surface area contributed by atoms with E-state index >= 15 is 0 Å². The summed E-state index contributed by atoms with van der Waals surface area (Å²) in [5.41, 5.74) is 21.2. The molecule has 0 atom stereocenters. The van der Waals surface area contributed by atoms with Gasteiger partial charge in [-0.05, 0) is 132 Å². The van der Waals surface area contributed by atoms with Crippen molar-refractivity contribution in [2.24, 2.45) is 0 Å². The van der Waals surface area contributed by atoms with Crippen LogP contribution in [-0.2, 0) is 64.4 Å². The molecule has 0 aliphatic carbocycles. The van der Waals surface area contributed by atoms with Crippen molar-refractivity contribution in [2.45, 2.75) is 301 Å². The molecule has 4 nitrogen and oxygen atoms in total. The largest absolute Gasteiger partial charge is 4.00 e. The number of hydrogen-bond acceptors (Lipinski definition) is 0. The van der Waals surface area contributed by atoms with Crippen LogP contribution >= 0.6 is 0 Å². The molecule has 1 aliphatic rings. The molecule has 514 valence electrons. The van der Waals surface area contributed by atoms with Crippen LogP contribution in [0.15, 0.2) is 121 Å². The first-order valence-electron chi connectivity index (χ1n) is 36.2. The summed E-state index contributed by atoms with van der Waals surface area (Å²) in [6.07, 6.45) is 14.0. The summed E-state index contributed by atoms with van der Waals surface area (Å²) in [7, 11) is 0. The molecule has 0 amide bonds. The van der Waals surface area contributed by atoms with Crippen LogP contribution in [-0.4, -0.2) is 0 Å². The van der Waals surface area contributed by atoms with Crippen LogP contribution in [0.3, 0.4) is 0 Å². The van der Waals surface area contributed by atoms with Gasteiger partial charge in [-0.3, -0.25) is 0 Å². The SMILES string of the molecule is CC(C)(C)c1cc(/C2=c3\cc/c([n-]3)=C(\c3cc(C(C)(C)C)cc(C(C)(C)C)c3)c3ccc([n-]3)/C(c3cc(C(C)(C)C)cc(C(C)(C)C)c3)=c3/cc/c([n-]3)=C(\c3cc(C(C)(C)C)cc(C(C)(C)C)c3)c3ccc2[n-]3)cc(C(C)(C)C)c1.CCCCCCC.CCCCCCC.[Pt+4]. The van der Waals surface area contributed by atoms with Crippen molar-refractivity contribution in [2.75, 3.05) is 0 Å². The molecule has 8 aromatic rings. The average molecular weight is 1460 g/mol. The first-order chi connectivity index (χ1) is 43.5. The van der Waals surface area contributed by atoms with Gasteiger partial charge in [-0.1, -0.05) is 379 Å². The van der Waals surface area contributed by atoms with E-state index in [4.69, 9.17) is 19.9 Å². The van der Waals surface area contributed by atoms with Crippen LogP contribution in [0.2, 0.25) is 0 Å². The minimum absolute atomic E-state index is 0. The van der Waals surface area contributed by atoms with Crippen LogP contribution < -0.4 is 41.3 Å². The Balaban J connectivity index is 0.000000858. The summed E-state index contributed by atoms with van der Waals surface area (Å²) >= 11 is 0. The number of hydrogen-bond donors (Lipinski definition) is 0. The Labute approximate surface area is 593 Å². The Hall–Kier alpha value is -5.83. The Morgan fingerprint density at radius 3 is 0.505 bits per heavy atom. The fraction of sp³-hybridized carbons (Fsp3) is 0.511. The van der Waals surface area contributed by atoms with E-state index in [1.807, 2.05) is 0 Å². The predicted molar refractivity (Wildman–Crippen MR) is 408 cm³/mol. The molecule has 0 saturated carbocycles. The number of benzene rings is 4. The molecule has 0 N–H and O–H groups in total. The van der Waals surface area contributed by atoms with Gasteiger partial charge in [0.15, 0.2) is 0 Å². The summed E-state index contributed by atoms with van der Waals surface area (Å²) in [5, 5.41) is 3.48. The molecule has 4 aromatic carbocycles. The van der Waals surface area contributed by atoms with Crippen LogP contribution in [0.25, 0.3) is 22.3 Å². The first kappa shape index (κ1) is 78.2. The molecule has 0 spiro atoms. The smallest absolute Gasteiger partial charge is 0.657 e. The van der Waals surface area contributed by atoms with Crippen LogP contribution in [0, 0.1) is 0 Å². The monoisotopic (exact) mass is 1460 g/mol. The van der Waals surface area contributed by atoms with Gasteiger partial charge in [0, 0.05) is 0 Å². The summed E-state index contributed by atoms with van der Waals surface area (Å²) in [4.78, 5) is 23.3. The standard InChI is InChI=1S/C76H92N4.2C7H16.Pt/c1-69(2,3)49-33-45(34-50(41-49)70(4,5)6)65-57-25-27-59(77-57)66(46-35-51(71(7,8)9)42-52(36-46)72(10,11)12)61-29-31-63(79-61)68(48-39-55(75(19,20)21)44-56(40-48)76(22,23)24)64-32-30-62(80-64)67(60-28-26-58(65)78-60)47-37-53(73(13,14)15)43-54(38-47)74(16,17)18;2*1-3-5-7-6-4-2;/h25-44H,1-24H3;2*3-7H2,1-2H3;/q-4;;;+4/b65-57-,65-58?,66-59-,66-61?,67-60?,67-62-,68-63?,68-64-;;;. The first-order valence-corrected chi connectivity index (χ1v) is 36.2. The average Bonchev–Trinajstić information content (AvgIpc) is 1.67. The maximum atomic E-state index is 5.83. The van der Waals surface area contributed by atoms with E-state index < -0.39 is 0 Å². The molecular formula is C90H124N4Pt. The van der Waals surface area contributed by atoms with Gasteiger partial charge in [-0.2, -0.15) is 0 Å². The topological polar surface area (TPSA) is 56.4 Å². The van der Waals surface area contributed by atoms with Crippen LogP contribution in [0.5, 0.6) is 0 Å². The van der Waals surface area contributed by atoms with Crippen LogP contribution in [0.1, 0.15) is 348 Å². The number of nitrogens with zero attached hydrogens (tertiary/aromatic N) is 4. The minimum Gasteiger partial charge on any atom is -0.657 e. The number of aromatic nitrogens is 4. The van der Waals surface area contributed by atoms with Crippen molar-refractivity contribution < 1.29 is 21.1 Å². The molecule has 4 aromatic heterocycles. The molecule has 0 saturated heterocycles. The third kappa shape index (κ3) is 19.7. The summed E-state index contributed by atoms with van der Waals surface area (Å²) < 4.78 is 0. The fourth-order valence-corrected chi connectivity index (χ4v) is 12.2. The normalized spacial score (nSPS) is 15.8.